The molecule has 1 heterocycles. The van der Waals surface area contributed by atoms with Gasteiger partial charge >= 0.3 is 0 Å². The van der Waals surface area contributed by atoms with Crippen LogP contribution in [0.1, 0.15) is 15.9 Å². The summed E-state index contributed by atoms with van der Waals surface area (Å²) in [5.41, 5.74) is 2.60. The standard InChI is InChI=1S/C19H19FN2O/c20-17-6-1-15(2-7-17)3-10-19(23)16-4-8-18(9-5-16)22-13-11-21-12-14-22/h1-10,21H,11-14H2/b10-3+. The number of nitrogens with one attached hydrogen (secondary N) is 1. The Morgan fingerprint density at radius 2 is 1.65 bits per heavy atom. The molecule has 23 heavy (non-hydrogen) atoms. The topological polar surface area (TPSA) is 32.3 Å². The summed E-state index contributed by atoms with van der Waals surface area (Å²) in [6, 6.07) is 13.7. The van der Waals surface area contributed by atoms with E-state index in [1.807, 2.05) is 24.3 Å². The molecular formula is C19H19FN2O. The summed E-state index contributed by atoms with van der Waals surface area (Å²) in [6.07, 6.45) is 3.22. The molecule has 0 radical (unpaired) electrons. The minimum Gasteiger partial charge on any atom is -0.369 e. The van der Waals surface area contributed by atoms with Gasteiger partial charge in [-0.3, -0.25) is 4.79 Å². The zero-order chi connectivity index (χ0) is 16.1. The van der Waals surface area contributed by atoms with E-state index >= 15 is 0 Å². The van der Waals surface area contributed by atoms with Gasteiger partial charge in [0.05, 0.1) is 0 Å². The molecule has 0 atom stereocenters. The Labute approximate surface area is 135 Å². The smallest absolute Gasteiger partial charge is 0.185 e. The molecule has 2 aromatic carbocycles. The van der Waals surface area contributed by atoms with E-state index in [0.29, 0.717) is 5.56 Å². The van der Waals surface area contributed by atoms with E-state index < -0.39 is 0 Å². The van der Waals surface area contributed by atoms with Crippen molar-refractivity contribution in [2.45, 2.75) is 0 Å². The van der Waals surface area contributed by atoms with Gasteiger partial charge in [0.15, 0.2) is 5.78 Å². The Morgan fingerprint density at radius 3 is 2.30 bits per heavy atom. The molecule has 3 nitrogen and oxygen atoms in total. The van der Waals surface area contributed by atoms with Crippen molar-refractivity contribution in [3.05, 3.63) is 71.6 Å². The predicted molar refractivity (Wildman–Crippen MR) is 91.3 cm³/mol. The Balaban J connectivity index is 1.66. The Morgan fingerprint density at radius 1 is 1.00 bits per heavy atom. The summed E-state index contributed by atoms with van der Waals surface area (Å²) in [5.74, 6) is -0.335. The third-order valence-corrected chi connectivity index (χ3v) is 3.93. The number of allylic oxidation sites excluding steroid dienone is 1. The number of halogens is 1. The normalized spacial score (nSPS) is 15.1. The number of benzene rings is 2. The Bertz CT molecular complexity index is 686. The van der Waals surface area contributed by atoms with E-state index in [-0.39, 0.29) is 11.6 Å². The monoisotopic (exact) mass is 310 g/mol. The van der Waals surface area contributed by atoms with E-state index in [0.717, 1.165) is 37.4 Å². The fraction of sp³-hybridized carbons (Fsp3) is 0.211. The molecule has 1 saturated heterocycles. The molecule has 0 bridgehead atoms. The van der Waals surface area contributed by atoms with Gasteiger partial charge in [0, 0.05) is 37.4 Å². The van der Waals surface area contributed by atoms with Crippen molar-refractivity contribution < 1.29 is 9.18 Å². The van der Waals surface area contributed by atoms with Gasteiger partial charge in [-0.05, 0) is 48.0 Å². The van der Waals surface area contributed by atoms with Crippen molar-refractivity contribution in [2.75, 3.05) is 31.1 Å². The molecule has 0 unspecified atom stereocenters. The average Bonchev–Trinajstić information content (AvgIpc) is 2.62. The van der Waals surface area contributed by atoms with Crippen LogP contribution >= 0.6 is 0 Å². The van der Waals surface area contributed by atoms with Gasteiger partial charge in [0.1, 0.15) is 5.82 Å². The summed E-state index contributed by atoms with van der Waals surface area (Å²) < 4.78 is 12.8. The van der Waals surface area contributed by atoms with Crippen molar-refractivity contribution in [1.82, 2.24) is 5.32 Å². The quantitative estimate of drug-likeness (QED) is 0.695. The average molecular weight is 310 g/mol. The van der Waals surface area contributed by atoms with Gasteiger partial charge < -0.3 is 10.2 Å². The second-order valence-corrected chi connectivity index (χ2v) is 5.53. The molecule has 0 saturated carbocycles. The maximum absolute atomic E-state index is 12.8. The SMILES string of the molecule is O=C(/C=C/c1ccc(F)cc1)c1ccc(N2CCNCC2)cc1. The molecule has 0 aliphatic carbocycles. The van der Waals surface area contributed by atoms with E-state index in [2.05, 4.69) is 10.2 Å². The molecule has 1 aliphatic rings. The molecule has 0 aromatic heterocycles. The van der Waals surface area contributed by atoms with Crippen LogP contribution in [0.4, 0.5) is 10.1 Å². The van der Waals surface area contributed by atoms with Crippen LogP contribution in [-0.4, -0.2) is 32.0 Å². The summed E-state index contributed by atoms with van der Waals surface area (Å²) >= 11 is 0. The fourth-order valence-electron chi connectivity index (χ4n) is 2.60. The number of rotatable bonds is 4. The van der Waals surface area contributed by atoms with Gasteiger partial charge in [0.2, 0.25) is 0 Å². The Hall–Kier alpha value is -2.46. The molecule has 1 aliphatic heterocycles. The molecular weight excluding hydrogens is 291 g/mol. The lowest BCUT2D eigenvalue weighted by Gasteiger charge is -2.29. The summed E-state index contributed by atoms with van der Waals surface area (Å²) in [5, 5.41) is 3.32. The first kappa shape index (κ1) is 15.4. The second kappa shape index (κ2) is 7.20. The lowest BCUT2D eigenvalue weighted by atomic mass is 10.1. The third-order valence-electron chi connectivity index (χ3n) is 3.93. The van der Waals surface area contributed by atoms with Crippen LogP contribution in [0.3, 0.4) is 0 Å². The number of piperazine rings is 1. The molecule has 1 fully saturated rings. The zero-order valence-corrected chi connectivity index (χ0v) is 12.8. The number of carbonyl (C=O) groups is 1. The second-order valence-electron chi connectivity index (χ2n) is 5.53. The van der Waals surface area contributed by atoms with Gasteiger partial charge in [0.25, 0.3) is 0 Å². The number of hydrogen-bond acceptors (Lipinski definition) is 3. The maximum atomic E-state index is 12.8. The first-order valence-electron chi connectivity index (χ1n) is 7.76. The summed E-state index contributed by atoms with van der Waals surface area (Å²) in [6.45, 7) is 3.94. The van der Waals surface area contributed by atoms with E-state index in [1.54, 1.807) is 18.2 Å². The van der Waals surface area contributed by atoms with Crippen LogP contribution in [0.15, 0.2) is 54.6 Å². The number of carbonyl (C=O) groups excluding carboxylic acids is 1. The lowest BCUT2D eigenvalue weighted by molar-refractivity contribution is 0.104. The molecule has 118 valence electrons. The van der Waals surface area contributed by atoms with Crippen molar-refractivity contribution in [2.24, 2.45) is 0 Å². The van der Waals surface area contributed by atoms with Crippen molar-refractivity contribution >= 4 is 17.5 Å². The minimum absolute atomic E-state index is 0.0545. The molecule has 2 aromatic rings. The van der Waals surface area contributed by atoms with Crippen LogP contribution in [0.2, 0.25) is 0 Å². The van der Waals surface area contributed by atoms with Crippen LogP contribution < -0.4 is 10.2 Å². The lowest BCUT2D eigenvalue weighted by Crippen LogP contribution is -2.43. The van der Waals surface area contributed by atoms with Gasteiger partial charge in [-0.25, -0.2) is 4.39 Å². The number of nitrogens with zero attached hydrogens (tertiary/aromatic N) is 1. The number of anilines is 1. The summed E-state index contributed by atoms with van der Waals surface area (Å²) in [4.78, 5) is 14.5. The van der Waals surface area contributed by atoms with Crippen molar-refractivity contribution in [1.29, 1.82) is 0 Å². The largest absolute Gasteiger partial charge is 0.369 e. The first-order valence-corrected chi connectivity index (χ1v) is 7.76. The highest BCUT2D eigenvalue weighted by Gasteiger charge is 2.10. The number of hydrogen-bond donors (Lipinski definition) is 1. The van der Waals surface area contributed by atoms with Crippen LogP contribution in [0.25, 0.3) is 6.08 Å². The molecule has 4 heteroatoms. The highest BCUT2D eigenvalue weighted by molar-refractivity contribution is 6.06. The molecule has 0 amide bonds. The van der Waals surface area contributed by atoms with Gasteiger partial charge in [-0.15, -0.1) is 0 Å². The fourth-order valence-corrected chi connectivity index (χ4v) is 2.60. The summed E-state index contributed by atoms with van der Waals surface area (Å²) in [7, 11) is 0. The third kappa shape index (κ3) is 4.05. The van der Waals surface area contributed by atoms with Crippen LogP contribution in [0.5, 0.6) is 0 Å². The minimum atomic E-state index is -0.281. The van der Waals surface area contributed by atoms with Crippen molar-refractivity contribution in [3.8, 4) is 0 Å². The highest BCUT2D eigenvalue weighted by Crippen LogP contribution is 2.16. The van der Waals surface area contributed by atoms with E-state index in [9.17, 15) is 9.18 Å². The van der Waals surface area contributed by atoms with Crippen LogP contribution in [-0.2, 0) is 0 Å². The van der Waals surface area contributed by atoms with Gasteiger partial charge in [-0.2, -0.15) is 0 Å². The van der Waals surface area contributed by atoms with E-state index in [4.69, 9.17) is 0 Å². The predicted octanol–water partition coefficient (Wildman–Crippen LogP) is 3.13. The molecule has 3 rings (SSSR count). The van der Waals surface area contributed by atoms with Crippen molar-refractivity contribution in [3.63, 3.8) is 0 Å². The van der Waals surface area contributed by atoms with E-state index in [1.165, 1.54) is 18.2 Å². The molecule has 1 N–H and O–H groups in total. The first-order chi connectivity index (χ1) is 11.2. The van der Waals surface area contributed by atoms with Gasteiger partial charge in [-0.1, -0.05) is 18.2 Å². The van der Waals surface area contributed by atoms with Crippen LogP contribution in [0, 0.1) is 5.82 Å². The Kier molecular flexibility index (Phi) is 4.83. The maximum Gasteiger partial charge on any atom is 0.185 e. The zero-order valence-electron chi connectivity index (χ0n) is 12.8. The highest BCUT2D eigenvalue weighted by atomic mass is 19.1. The molecule has 0 spiro atoms. The number of ketones is 1.